The molecule has 1 aliphatic rings. The van der Waals surface area contributed by atoms with E-state index in [0.29, 0.717) is 12.0 Å². The van der Waals surface area contributed by atoms with Gasteiger partial charge in [-0.2, -0.15) is 0 Å². The molecule has 1 unspecified atom stereocenters. The first-order valence-electron chi connectivity index (χ1n) is 4.75. The van der Waals surface area contributed by atoms with Crippen molar-refractivity contribution < 1.29 is 13.6 Å². The van der Waals surface area contributed by atoms with Gasteiger partial charge in [0.2, 0.25) is 0 Å². The van der Waals surface area contributed by atoms with Gasteiger partial charge in [0.1, 0.15) is 24.0 Å². The van der Waals surface area contributed by atoms with Crippen molar-refractivity contribution in [3.63, 3.8) is 0 Å². The minimum Gasteiger partial charge on any atom is -0.310 e. The zero-order chi connectivity index (χ0) is 11.7. The molecule has 1 aromatic rings. The highest BCUT2D eigenvalue weighted by molar-refractivity contribution is 5.74. The maximum absolute atomic E-state index is 13.5. The number of hydrazine groups is 1. The normalized spacial score (nSPS) is 19.8. The van der Waals surface area contributed by atoms with Crippen molar-refractivity contribution in [1.29, 1.82) is 0 Å². The summed E-state index contributed by atoms with van der Waals surface area (Å²) >= 11 is 0. The van der Waals surface area contributed by atoms with Crippen LogP contribution in [0, 0.1) is 11.6 Å². The van der Waals surface area contributed by atoms with E-state index in [1.54, 1.807) is 7.05 Å². The molecule has 0 bridgehead atoms. The van der Waals surface area contributed by atoms with Gasteiger partial charge in [0, 0.05) is 7.05 Å². The van der Waals surface area contributed by atoms with Gasteiger partial charge in [-0.15, -0.1) is 0 Å². The molecule has 0 saturated heterocycles. The van der Waals surface area contributed by atoms with Gasteiger partial charge < -0.3 is 9.80 Å². The fourth-order valence-corrected chi connectivity index (χ4v) is 1.68. The number of nitrogens with one attached hydrogen (secondary N) is 1. The Morgan fingerprint density at radius 1 is 1.38 bits per heavy atom. The highest BCUT2D eigenvalue weighted by Crippen LogP contribution is 2.26. The first-order valence-corrected chi connectivity index (χ1v) is 4.75. The Hall–Kier alpha value is -1.75. The molecule has 2 rings (SSSR count). The van der Waals surface area contributed by atoms with E-state index in [2.05, 4.69) is 5.43 Å². The van der Waals surface area contributed by atoms with Crippen LogP contribution in [0.5, 0.6) is 0 Å². The second-order valence-corrected chi connectivity index (χ2v) is 3.50. The van der Waals surface area contributed by atoms with Crippen LogP contribution in [0.4, 0.5) is 8.78 Å². The van der Waals surface area contributed by atoms with Gasteiger partial charge in [0.15, 0.2) is 0 Å². The summed E-state index contributed by atoms with van der Waals surface area (Å²) in [6.45, 7) is 0. The first-order chi connectivity index (χ1) is 7.63. The van der Waals surface area contributed by atoms with E-state index in [9.17, 15) is 13.6 Å². The summed E-state index contributed by atoms with van der Waals surface area (Å²) in [5, 5.41) is 1.43. The predicted octanol–water partition coefficient (Wildman–Crippen LogP) is 1.32. The number of rotatable bonds is 2. The van der Waals surface area contributed by atoms with E-state index >= 15 is 0 Å². The second kappa shape index (κ2) is 4.02. The van der Waals surface area contributed by atoms with Crippen molar-refractivity contribution >= 4 is 12.0 Å². The van der Waals surface area contributed by atoms with Crippen molar-refractivity contribution in [2.24, 2.45) is 0 Å². The topological polar surface area (TPSA) is 32.3 Å². The molecule has 1 aromatic carbocycles. The predicted molar refractivity (Wildman–Crippen MR) is 55.1 cm³/mol. The number of benzene rings is 1. The molecule has 1 aliphatic heterocycles. The van der Waals surface area contributed by atoms with Crippen molar-refractivity contribution in [3.8, 4) is 0 Å². The van der Waals surface area contributed by atoms with Crippen LogP contribution < -0.4 is 5.43 Å². The lowest BCUT2D eigenvalue weighted by Gasteiger charge is -2.18. The fourth-order valence-electron chi connectivity index (χ4n) is 1.68. The molecule has 0 amide bonds. The Morgan fingerprint density at radius 3 is 2.50 bits per heavy atom. The fraction of sp³-hybridized carbons (Fsp3) is 0.182. The van der Waals surface area contributed by atoms with Gasteiger partial charge >= 0.3 is 0 Å². The van der Waals surface area contributed by atoms with Crippen molar-refractivity contribution in [2.75, 3.05) is 7.05 Å². The lowest BCUT2D eigenvalue weighted by Crippen LogP contribution is -2.34. The molecule has 5 heteroatoms. The van der Waals surface area contributed by atoms with Crippen LogP contribution in [0.1, 0.15) is 5.56 Å². The Bertz CT molecular complexity index is 439. The van der Waals surface area contributed by atoms with Crippen LogP contribution in [-0.2, 0) is 4.79 Å². The molecule has 3 nitrogen and oxygen atoms in total. The third-order valence-corrected chi connectivity index (χ3v) is 2.41. The molecule has 0 aromatic heterocycles. The summed E-state index contributed by atoms with van der Waals surface area (Å²) in [6.07, 6.45) is 2.15. The smallest absolute Gasteiger partial charge is 0.142 e. The summed E-state index contributed by atoms with van der Waals surface area (Å²) in [7, 11) is 1.60. The number of carbonyl (C=O) groups is 1. The van der Waals surface area contributed by atoms with Gasteiger partial charge in [0.25, 0.3) is 0 Å². The van der Waals surface area contributed by atoms with Crippen LogP contribution >= 0.6 is 0 Å². The zero-order valence-electron chi connectivity index (χ0n) is 8.58. The van der Waals surface area contributed by atoms with Gasteiger partial charge in [0.05, 0.1) is 11.3 Å². The molecular weight excluding hydrogens is 214 g/mol. The van der Waals surface area contributed by atoms with Crippen LogP contribution in [0.2, 0.25) is 0 Å². The Morgan fingerprint density at radius 2 is 2.00 bits per heavy atom. The van der Waals surface area contributed by atoms with Gasteiger partial charge in [-0.25, -0.2) is 14.2 Å². The average molecular weight is 224 g/mol. The minimum atomic E-state index is -0.647. The molecule has 0 spiro atoms. The van der Waals surface area contributed by atoms with Gasteiger partial charge in [-0.3, -0.25) is 0 Å². The number of halogens is 2. The van der Waals surface area contributed by atoms with Crippen molar-refractivity contribution in [3.05, 3.63) is 41.5 Å². The Kier molecular flexibility index (Phi) is 2.70. The molecule has 0 fully saturated rings. The van der Waals surface area contributed by atoms with Crippen molar-refractivity contribution in [2.45, 2.75) is 6.04 Å². The molecule has 1 heterocycles. The largest absolute Gasteiger partial charge is 0.310 e. The first kappa shape index (κ1) is 10.8. The van der Waals surface area contributed by atoms with Crippen LogP contribution in [0.25, 0.3) is 5.70 Å². The number of hydrogen-bond donors (Lipinski definition) is 1. The maximum atomic E-state index is 13.5. The van der Waals surface area contributed by atoms with E-state index in [0.717, 1.165) is 0 Å². The quantitative estimate of drug-likeness (QED) is 0.769. The van der Waals surface area contributed by atoms with Gasteiger partial charge in [-0.05, 0) is 18.2 Å². The number of hydrogen-bond acceptors (Lipinski definition) is 3. The summed E-state index contributed by atoms with van der Waals surface area (Å²) in [5.74, 6) is -1.29. The molecule has 1 atom stereocenters. The van der Waals surface area contributed by atoms with E-state index < -0.39 is 17.7 Å². The average Bonchev–Trinajstić information content (AvgIpc) is 2.60. The van der Waals surface area contributed by atoms with E-state index in [1.165, 1.54) is 29.3 Å². The highest BCUT2D eigenvalue weighted by Gasteiger charge is 2.24. The molecule has 0 aliphatic carbocycles. The lowest BCUT2D eigenvalue weighted by atomic mass is 10.1. The third-order valence-electron chi connectivity index (χ3n) is 2.41. The number of nitrogens with zero attached hydrogens (tertiary/aromatic N) is 1. The molecule has 16 heavy (non-hydrogen) atoms. The van der Waals surface area contributed by atoms with Crippen LogP contribution in [0.15, 0.2) is 24.3 Å². The van der Waals surface area contributed by atoms with Crippen LogP contribution in [0.3, 0.4) is 0 Å². The standard InChI is InChI=1S/C11H10F2N2O/c1-15-10(5-7(6-16)14-15)11-8(12)3-2-4-9(11)13/h2-7,14H,1H3. The summed E-state index contributed by atoms with van der Waals surface area (Å²) in [5.41, 5.74) is 2.95. The van der Waals surface area contributed by atoms with E-state index in [-0.39, 0.29) is 5.56 Å². The van der Waals surface area contributed by atoms with Crippen molar-refractivity contribution in [1.82, 2.24) is 10.4 Å². The molecule has 0 radical (unpaired) electrons. The minimum absolute atomic E-state index is 0.123. The molecule has 1 N–H and O–H groups in total. The third kappa shape index (κ3) is 1.69. The summed E-state index contributed by atoms with van der Waals surface area (Å²) in [4.78, 5) is 10.6. The lowest BCUT2D eigenvalue weighted by molar-refractivity contribution is -0.109. The summed E-state index contributed by atoms with van der Waals surface area (Å²) in [6, 6.07) is 3.12. The van der Waals surface area contributed by atoms with E-state index in [1.807, 2.05) is 0 Å². The van der Waals surface area contributed by atoms with E-state index in [4.69, 9.17) is 0 Å². The Labute approximate surface area is 91.3 Å². The Balaban J connectivity index is 2.48. The second-order valence-electron chi connectivity index (χ2n) is 3.50. The van der Waals surface area contributed by atoms with Gasteiger partial charge in [-0.1, -0.05) is 6.07 Å². The maximum Gasteiger partial charge on any atom is 0.142 e. The number of carbonyl (C=O) groups excluding carboxylic acids is 1. The van der Waals surface area contributed by atoms with Crippen LogP contribution in [-0.4, -0.2) is 24.4 Å². The monoisotopic (exact) mass is 224 g/mol. The molecule has 0 saturated carbocycles. The zero-order valence-corrected chi connectivity index (χ0v) is 8.58. The summed E-state index contributed by atoms with van der Waals surface area (Å²) < 4.78 is 27.0. The highest BCUT2D eigenvalue weighted by atomic mass is 19.1. The molecule has 84 valence electrons. The number of aldehydes is 1. The molecular formula is C11H10F2N2O. The SMILES string of the molecule is CN1NC(C=O)C=C1c1c(F)cccc1F.